The third kappa shape index (κ3) is 3.54. The number of halogens is 1. The number of nitrogens with two attached hydrogens (primary N) is 1. The predicted octanol–water partition coefficient (Wildman–Crippen LogP) is 3.79. The van der Waals surface area contributed by atoms with Gasteiger partial charge in [0.2, 0.25) is 0 Å². The summed E-state index contributed by atoms with van der Waals surface area (Å²) in [5.41, 5.74) is 5.40. The number of benzene rings is 2. The van der Waals surface area contributed by atoms with Crippen molar-refractivity contribution < 1.29 is 9.94 Å². The van der Waals surface area contributed by atoms with E-state index in [4.69, 9.17) is 27.3 Å². The first-order valence-corrected chi connectivity index (χ1v) is 6.86. The maximum absolute atomic E-state index is 8.43. The maximum atomic E-state index is 8.43. The summed E-state index contributed by atoms with van der Waals surface area (Å²) in [6, 6.07) is 11.6. The van der Waals surface area contributed by atoms with Crippen LogP contribution in [0.2, 0.25) is 5.02 Å². The summed E-state index contributed by atoms with van der Waals surface area (Å²) in [5.74, 6) is 1.08. The summed E-state index contributed by atoms with van der Waals surface area (Å²) >= 11 is 6.16. The fraction of sp³-hybridized carbons (Fsp3) is 0.267. The molecule has 2 rings (SSSR count). The first kappa shape index (κ1) is 14.5. The smallest absolute Gasteiger partial charge is 0.139 e. The van der Waals surface area contributed by atoms with Gasteiger partial charge in [-0.05, 0) is 25.0 Å². The van der Waals surface area contributed by atoms with E-state index in [0.29, 0.717) is 13.0 Å². The zero-order valence-corrected chi connectivity index (χ0v) is 11.8. The van der Waals surface area contributed by atoms with Gasteiger partial charge in [-0.2, -0.15) is 0 Å². The van der Waals surface area contributed by atoms with Gasteiger partial charge in [0.15, 0.2) is 0 Å². The van der Waals surface area contributed by atoms with Crippen molar-refractivity contribution in [3.05, 3.63) is 41.4 Å². The first-order chi connectivity index (χ1) is 9.72. The highest BCUT2D eigenvalue weighted by molar-refractivity contribution is 6.35. The van der Waals surface area contributed by atoms with Gasteiger partial charge in [-0.15, -0.1) is 0 Å². The van der Waals surface area contributed by atoms with Gasteiger partial charge in [-0.25, -0.2) is 0 Å². The lowest BCUT2D eigenvalue weighted by Crippen LogP contribution is -2.11. The molecule has 0 heterocycles. The average molecular weight is 293 g/mol. The molecule has 0 saturated heterocycles. The molecule has 0 unspecified atom stereocenters. The second-order valence-corrected chi connectivity index (χ2v) is 4.90. The lowest BCUT2D eigenvalue weighted by atomic mass is 10.1. The molecule has 2 aromatic rings. The van der Waals surface area contributed by atoms with E-state index < -0.39 is 0 Å². The Labute approximate surface area is 122 Å². The Balaban J connectivity index is 1.95. The highest BCUT2D eigenvalue weighted by atomic mass is 35.5. The molecule has 0 spiro atoms. The molecule has 0 aliphatic carbocycles. The summed E-state index contributed by atoms with van der Waals surface area (Å²) in [5, 5.41) is 14.1. The van der Waals surface area contributed by atoms with Crippen LogP contribution in [0.4, 0.5) is 0 Å². The van der Waals surface area contributed by atoms with Crippen LogP contribution in [0.1, 0.15) is 19.3 Å². The van der Waals surface area contributed by atoms with Crippen molar-refractivity contribution in [1.82, 2.24) is 0 Å². The fourth-order valence-corrected chi connectivity index (χ4v) is 2.23. The largest absolute Gasteiger partial charge is 0.493 e. The minimum atomic E-state index is 0.252. The molecule has 5 heteroatoms. The molecular weight excluding hydrogens is 276 g/mol. The Morgan fingerprint density at radius 1 is 1.15 bits per heavy atom. The minimum absolute atomic E-state index is 0.252. The Morgan fingerprint density at radius 3 is 2.65 bits per heavy atom. The molecule has 0 bridgehead atoms. The molecule has 0 saturated carbocycles. The van der Waals surface area contributed by atoms with Crippen molar-refractivity contribution in [1.29, 1.82) is 0 Å². The van der Waals surface area contributed by atoms with Crippen LogP contribution < -0.4 is 10.5 Å². The standard InChI is InChI=1S/C15H17ClN2O2/c16-13-8-9-14(12-6-2-1-5-11(12)13)20-10-4-3-7-15(17)18-19/h1-2,5-6,8-9,19H,3-4,7,10H2,(H2,17,18). The van der Waals surface area contributed by atoms with Crippen LogP contribution >= 0.6 is 11.6 Å². The van der Waals surface area contributed by atoms with Gasteiger partial charge in [0.1, 0.15) is 11.6 Å². The quantitative estimate of drug-likeness (QED) is 0.280. The lowest BCUT2D eigenvalue weighted by molar-refractivity contribution is 0.307. The van der Waals surface area contributed by atoms with Gasteiger partial charge in [-0.1, -0.05) is 41.0 Å². The highest BCUT2D eigenvalue weighted by Crippen LogP contribution is 2.31. The Morgan fingerprint density at radius 2 is 1.90 bits per heavy atom. The summed E-state index contributed by atoms with van der Waals surface area (Å²) in [6.45, 7) is 0.588. The summed E-state index contributed by atoms with van der Waals surface area (Å²) in [4.78, 5) is 0. The zero-order chi connectivity index (χ0) is 14.4. The average Bonchev–Trinajstić information content (AvgIpc) is 2.49. The Bertz CT molecular complexity index is 614. The molecule has 0 aromatic heterocycles. The van der Waals surface area contributed by atoms with Crippen LogP contribution in [-0.4, -0.2) is 17.6 Å². The number of fused-ring (bicyclic) bond motifs is 1. The van der Waals surface area contributed by atoms with E-state index in [1.807, 2.05) is 36.4 Å². The first-order valence-electron chi connectivity index (χ1n) is 6.49. The van der Waals surface area contributed by atoms with Gasteiger partial charge < -0.3 is 15.7 Å². The van der Waals surface area contributed by atoms with Crippen LogP contribution in [0.5, 0.6) is 5.75 Å². The van der Waals surface area contributed by atoms with Crippen LogP contribution in [0.3, 0.4) is 0 Å². The summed E-state index contributed by atoms with van der Waals surface area (Å²) in [7, 11) is 0. The highest BCUT2D eigenvalue weighted by Gasteiger charge is 2.05. The zero-order valence-electron chi connectivity index (χ0n) is 11.1. The van der Waals surface area contributed by atoms with Crippen LogP contribution in [0.25, 0.3) is 10.8 Å². The number of unbranched alkanes of at least 4 members (excludes halogenated alkanes) is 1. The predicted molar refractivity (Wildman–Crippen MR) is 81.7 cm³/mol. The van der Waals surface area contributed by atoms with E-state index in [1.54, 1.807) is 0 Å². The SMILES string of the molecule is NC(CCCCOc1ccc(Cl)c2ccccc12)=NO. The van der Waals surface area contributed by atoms with Crippen LogP contribution in [-0.2, 0) is 0 Å². The van der Waals surface area contributed by atoms with E-state index >= 15 is 0 Å². The van der Waals surface area contributed by atoms with Crippen molar-refractivity contribution in [2.45, 2.75) is 19.3 Å². The molecule has 3 N–H and O–H groups in total. The summed E-state index contributed by atoms with van der Waals surface area (Å²) < 4.78 is 5.79. The molecule has 0 fully saturated rings. The van der Waals surface area contributed by atoms with Gasteiger partial charge in [-0.3, -0.25) is 0 Å². The van der Waals surface area contributed by atoms with E-state index in [2.05, 4.69) is 5.16 Å². The van der Waals surface area contributed by atoms with Crippen molar-refractivity contribution >= 4 is 28.2 Å². The van der Waals surface area contributed by atoms with Crippen LogP contribution in [0.15, 0.2) is 41.6 Å². The number of oxime groups is 1. The van der Waals surface area contributed by atoms with Gasteiger partial charge >= 0.3 is 0 Å². The fourth-order valence-electron chi connectivity index (χ4n) is 2.00. The maximum Gasteiger partial charge on any atom is 0.139 e. The minimum Gasteiger partial charge on any atom is -0.493 e. The van der Waals surface area contributed by atoms with Crippen molar-refractivity contribution in [2.75, 3.05) is 6.61 Å². The van der Waals surface area contributed by atoms with E-state index in [-0.39, 0.29) is 5.84 Å². The lowest BCUT2D eigenvalue weighted by Gasteiger charge is -2.10. The molecule has 0 aliphatic rings. The van der Waals surface area contributed by atoms with Gasteiger partial charge in [0, 0.05) is 22.2 Å². The number of rotatable bonds is 6. The third-order valence-corrected chi connectivity index (χ3v) is 3.37. The van der Waals surface area contributed by atoms with Gasteiger partial charge in [0.25, 0.3) is 0 Å². The number of amidine groups is 1. The second kappa shape index (κ2) is 7.01. The molecule has 2 aromatic carbocycles. The van der Waals surface area contributed by atoms with Crippen LogP contribution in [0, 0.1) is 0 Å². The van der Waals surface area contributed by atoms with Crippen molar-refractivity contribution in [3.63, 3.8) is 0 Å². The van der Waals surface area contributed by atoms with Crippen molar-refractivity contribution in [3.8, 4) is 5.75 Å². The monoisotopic (exact) mass is 292 g/mol. The number of hydrogen-bond donors (Lipinski definition) is 2. The number of ether oxygens (including phenoxy) is 1. The molecule has 0 aliphatic heterocycles. The molecule has 4 nitrogen and oxygen atoms in total. The molecular formula is C15H17ClN2O2. The number of nitrogens with zero attached hydrogens (tertiary/aromatic N) is 1. The molecule has 0 radical (unpaired) electrons. The van der Waals surface area contributed by atoms with Gasteiger partial charge in [0.05, 0.1) is 6.61 Å². The normalized spacial score (nSPS) is 11.8. The molecule has 20 heavy (non-hydrogen) atoms. The number of hydrogen-bond acceptors (Lipinski definition) is 3. The second-order valence-electron chi connectivity index (χ2n) is 4.49. The molecule has 106 valence electrons. The van der Waals surface area contributed by atoms with E-state index in [9.17, 15) is 0 Å². The van der Waals surface area contributed by atoms with Crippen molar-refractivity contribution in [2.24, 2.45) is 10.9 Å². The van der Waals surface area contributed by atoms with E-state index in [1.165, 1.54) is 0 Å². The Hall–Kier alpha value is -1.94. The Kier molecular flexibility index (Phi) is 5.07. The topological polar surface area (TPSA) is 67.8 Å². The molecule has 0 amide bonds. The third-order valence-electron chi connectivity index (χ3n) is 3.04. The molecule has 0 atom stereocenters. The van der Waals surface area contributed by atoms with E-state index in [0.717, 1.165) is 34.4 Å². The summed E-state index contributed by atoms with van der Waals surface area (Å²) in [6.07, 6.45) is 2.23.